The van der Waals surface area contributed by atoms with E-state index in [-0.39, 0.29) is 0 Å². The van der Waals surface area contributed by atoms with Gasteiger partial charge in [0.2, 0.25) is 0 Å². The van der Waals surface area contributed by atoms with E-state index in [4.69, 9.17) is 22.1 Å². The predicted octanol–water partition coefficient (Wildman–Crippen LogP) is 2.18. The van der Waals surface area contributed by atoms with Gasteiger partial charge in [0, 0.05) is 19.7 Å². The number of nitrogens with zero attached hydrogens (tertiary/aromatic N) is 2. The largest absolute Gasteiger partial charge is 0.397 e. The third-order valence-corrected chi connectivity index (χ3v) is 2.55. The Hall–Kier alpha value is -1.00. The Bertz CT molecular complexity index is 344. The second-order valence-corrected chi connectivity index (χ2v) is 4.26. The van der Waals surface area contributed by atoms with Crippen molar-refractivity contribution < 1.29 is 4.74 Å². The quantitative estimate of drug-likeness (QED) is 0.861. The second-order valence-electron chi connectivity index (χ2n) is 3.85. The molecule has 1 aromatic heterocycles. The van der Waals surface area contributed by atoms with Crippen LogP contribution in [0.3, 0.4) is 0 Å². The number of rotatable bonds is 5. The lowest BCUT2D eigenvalue weighted by atomic mass is 10.3. The first-order valence-corrected chi connectivity index (χ1v) is 5.60. The van der Waals surface area contributed by atoms with Crippen molar-refractivity contribution in [1.29, 1.82) is 0 Å². The zero-order chi connectivity index (χ0) is 12.1. The van der Waals surface area contributed by atoms with Crippen LogP contribution in [0, 0.1) is 0 Å². The SMILES string of the molecule is COCCN(c1ncc(N)cc1Cl)C(C)C. The monoisotopic (exact) mass is 243 g/mol. The fourth-order valence-corrected chi connectivity index (χ4v) is 1.74. The van der Waals surface area contributed by atoms with Gasteiger partial charge in [0.05, 0.1) is 23.5 Å². The van der Waals surface area contributed by atoms with Crippen LogP contribution in [-0.2, 0) is 4.74 Å². The molecule has 2 N–H and O–H groups in total. The van der Waals surface area contributed by atoms with Crippen LogP contribution in [0.5, 0.6) is 0 Å². The van der Waals surface area contributed by atoms with E-state index in [2.05, 4.69) is 23.7 Å². The van der Waals surface area contributed by atoms with E-state index in [0.717, 1.165) is 12.4 Å². The van der Waals surface area contributed by atoms with Crippen molar-refractivity contribution in [3.05, 3.63) is 17.3 Å². The molecule has 90 valence electrons. The minimum Gasteiger partial charge on any atom is -0.397 e. The molecule has 0 spiro atoms. The molecule has 0 atom stereocenters. The van der Waals surface area contributed by atoms with Gasteiger partial charge in [0.15, 0.2) is 0 Å². The number of aromatic nitrogens is 1. The van der Waals surface area contributed by atoms with Crippen LogP contribution in [0.1, 0.15) is 13.8 Å². The minimum atomic E-state index is 0.309. The molecule has 0 aromatic carbocycles. The molecular weight excluding hydrogens is 226 g/mol. The van der Waals surface area contributed by atoms with E-state index in [1.807, 2.05) is 0 Å². The van der Waals surface area contributed by atoms with Gasteiger partial charge in [-0.15, -0.1) is 0 Å². The van der Waals surface area contributed by atoms with Crippen LogP contribution in [0.25, 0.3) is 0 Å². The van der Waals surface area contributed by atoms with Crippen LogP contribution in [0.2, 0.25) is 5.02 Å². The summed E-state index contributed by atoms with van der Waals surface area (Å²) in [5, 5.41) is 0.574. The fourth-order valence-electron chi connectivity index (χ4n) is 1.46. The van der Waals surface area contributed by atoms with E-state index >= 15 is 0 Å². The molecule has 16 heavy (non-hydrogen) atoms. The molecular formula is C11H18ClN3O. The third kappa shape index (κ3) is 3.25. The van der Waals surface area contributed by atoms with Crippen molar-refractivity contribution in [3.8, 4) is 0 Å². The Morgan fingerprint density at radius 1 is 1.56 bits per heavy atom. The van der Waals surface area contributed by atoms with Crippen molar-refractivity contribution >= 4 is 23.1 Å². The van der Waals surface area contributed by atoms with Gasteiger partial charge in [-0.05, 0) is 19.9 Å². The molecule has 0 aliphatic rings. The summed E-state index contributed by atoms with van der Waals surface area (Å²) < 4.78 is 5.07. The van der Waals surface area contributed by atoms with Gasteiger partial charge >= 0.3 is 0 Å². The van der Waals surface area contributed by atoms with Gasteiger partial charge in [-0.25, -0.2) is 4.98 Å². The van der Waals surface area contributed by atoms with E-state index in [0.29, 0.717) is 23.4 Å². The Labute approximate surface area is 101 Å². The predicted molar refractivity (Wildman–Crippen MR) is 68.0 cm³/mol. The summed E-state index contributed by atoms with van der Waals surface area (Å²) in [5.74, 6) is 0.753. The topological polar surface area (TPSA) is 51.4 Å². The first-order chi connectivity index (χ1) is 7.56. The minimum absolute atomic E-state index is 0.309. The molecule has 0 aliphatic heterocycles. The van der Waals surface area contributed by atoms with Crippen LogP contribution in [-0.4, -0.2) is 31.3 Å². The Balaban J connectivity index is 2.92. The highest BCUT2D eigenvalue weighted by Gasteiger charge is 2.15. The van der Waals surface area contributed by atoms with Crippen LogP contribution < -0.4 is 10.6 Å². The molecule has 0 radical (unpaired) electrons. The highest BCUT2D eigenvalue weighted by molar-refractivity contribution is 6.33. The Kier molecular flexibility index (Phi) is 4.83. The van der Waals surface area contributed by atoms with Crippen LogP contribution in [0.15, 0.2) is 12.3 Å². The van der Waals surface area contributed by atoms with Gasteiger partial charge in [-0.2, -0.15) is 0 Å². The highest BCUT2D eigenvalue weighted by Crippen LogP contribution is 2.26. The normalized spacial score (nSPS) is 10.8. The van der Waals surface area contributed by atoms with E-state index in [1.54, 1.807) is 19.4 Å². The van der Waals surface area contributed by atoms with Crippen molar-refractivity contribution in [3.63, 3.8) is 0 Å². The van der Waals surface area contributed by atoms with Gasteiger partial charge < -0.3 is 15.4 Å². The molecule has 5 heteroatoms. The summed E-state index contributed by atoms with van der Waals surface area (Å²) >= 11 is 6.12. The average molecular weight is 244 g/mol. The second kappa shape index (κ2) is 5.92. The number of halogens is 1. The Morgan fingerprint density at radius 3 is 2.75 bits per heavy atom. The average Bonchev–Trinajstić information content (AvgIpc) is 2.20. The maximum atomic E-state index is 6.12. The number of nitrogens with two attached hydrogens (primary N) is 1. The molecule has 0 unspecified atom stereocenters. The third-order valence-electron chi connectivity index (χ3n) is 2.27. The fraction of sp³-hybridized carbons (Fsp3) is 0.545. The van der Waals surface area contributed by atoms with Crippen molar-refractivity contribution in [2.45, 2.75) is 19.9 Å². The first-order valence-electron chi connectivity index (χ1n) is 5.23. The summed E-state index contributed by atoms with van der Waals surface area (Å²) in [5.41, 5.74) is 6.19. The number of pyridine rings is 1. The molecule has 0 bridgehead atoms. The summed E-state index contributed by atoms with van der Waals surface area (Å²) in [4.78, 5) is 6.35. The summed E-state index contributed by atoms with van der Waals surface area (Å²) in [6.45, 7) is 5.57. The van der Waals surface area contributed by atoms with Gasteiger partial charge in [-0.1, -0.05) is 11.6 Å². The summed E-state index contributed by atoms with van der Waals surface area (Å²) in [6.07, 6.45) is 1.61. The van der Waals surface area contributed by atoms with Gasteiger partial charge in [0.25, 0.3) is 0 Å². The molecule has 0 fully saturated rings. The standard InChI is InChI=1S/C11H18ClN3O/c1-8(2)15(4-5-16-3)11-10(12)6-9(13)7-14-11/h6-8H,4-5,13H2,1-3H3. The zero-order valence-corrected chi connectivity index (χ0v) is 10.7. The number of nitrogen functional groups attached to an aromatic ring is 1. The molecule has 0 saturated heterocycles. The number of hydrogen-bond donors (Lipinski definition) is 1. The van der Waals surface area contributed by atoms with Crippen LogP contribution >= 0.6 is 11.6 Å². The van der Waals surface area contributed by atoms with E-state index in [9.17, 15) is 0 Å². The van der Waals surface area contributed by atoms with Gasteiger partial charge in [-0.3, -0.25) is 0 Å². The van der Waals surface area contributed by atoms with Crippen molar-refractivity contribution in [2.75, 3.05) is 30.9 Å². The molecule has 0 aliphatic carbocycles. The first kappa shape index (κ1) is 13.1. The van der Waals surface area contributed by atoms with Crippen LogP contribution in [0.4, 0.5) is 11.5 Å². The van der Waals surface area contributed by atoms with E-state index < -0.39 is 0 Å². The number of methoxy groups -OCH3 is 1. The maximum Gasteiger partial charge on any atom is 0.147 e. The number of anilines is 2. The maximum absolute atomic E-state index is 6.12. The number of hydrogen-bond acceptors (Lipinski definition) is 4. The molecule has 4 nitrogen and oxygen atoms in total. The van der Waals surface area contributed by atoms with Crippen molar-refractivity contribution in [2.24, 2.45) is 0 Å². The van der Waals surface area contributed by atoms with Crippen molar-refractivity contribution in [1.82, 2.24) is 4.98 Å². The lowest BCUT2D eigenvalue weighted by molar-refractivity contribution is 0.203. The molecule has 0 amide bonds. The summed E-state index contributed by atoms with van der Waals surface area (Å²) in [7, 11) is 1.68. The lowest BCUT2D eigenvalue weighted by Crippen LogP contribution is -2.34. The highest BCUT2D eigenvalue weighted by atomic mass is 35.5. The molecule has 1 aromatic rings. The summed E-state index contributed by atoms with van der Waals surface area (Å²) in [6, 6.07) is 2.02. The lowest BCUT2D eigenvalue weighted by Gasteiger charge is -2.28. The zero-order valence-electron chi connectivity index (χ0n) is 9.90. The molecule has 1 rings (SSSR count). The smallest absolute Gasteiger partial charge is 0.147 e. The molecule has 1 heterocycles. The van der Waals surface area contributed by atoms with E-state index in [1.165, 1.54) is 0 Å². The number of ether oxygens (including phenoxy) is 1. The molecule has 0 saturated carbocycles. The van der Waals surface area contributed by atoms with Gasteiger partial charge in [0.1, 0.15) is 5.82 Å². The Morgan fingerprint density at radius 2 is 2.25 bits per heavy atom.